The van der Waals surface area contributed by atoms with Gasteiger partial charge in [-0.05, 0) is 27.7 Å². The molecule has 0 aromatic rings. The lowest BCUT2D eigenvalue weighted by Crippen LogP contribution is -2.65. The van der Waals surface area contributed by atoms with Gasteiger partial charge in [0, 0.05) is 38.7 Å². The van der Waals surface area contributed by atoms with E-state index in [-0.39, 0.29) is 0 Å². The smallest absolute Gasteiger partial charge is 0.365 e. The summed E-state index contributed by atoms with van der Waals surface area (Å²) in [6.45, 7) is 8.59. The first-order valence-electron chi connectivity index (χ1n) is 5.35. The Balaban J connectivity index is 3.00. The molecule has 0 unspecified atom stereocenters. The average Bonchev–Trinajstić information content (AvgIpc) is 2.57. The van der Waals surface area contributed by atoms with E-state index in [0.717, 1.165) is 0 Å². The van der Waals surface area contributed by atoms with Crippen LogP contribution in [0.5, 0.6) is 0 Å². The van der Waals surface area contributed by atoms with E-state index in [4.69, 9.17) is 8.85 Å². The Morgan fingerprint density at radius 2 is 1.20 bits per heavy atom. The van der Waals surface area contributed by atoms with Gasteiger partial charge in [-0.2, -0.15) is 0 Å². The molecule has 0 saturated carbocycles. The Morgan fingerprint density at radius 3 is 1.40 bits per heavy atom. The summed E-state index contributed by atoms with van der Waals surface area (Å²) in [6, 6.07) is 0.771. The van der Waals surface area contributed by atoms with Crippen LogP contribution in [0.15, 0.2) is 12.4 Å². The van der Waals surface area contributed by atoms with Crippen LogP contribution in [0, 0.1) is 0 Å². The van der Waals surface area contributed by atoms with Gasteiger partial charge in [0.15, 0.2) is 0 Å². The van der Waals surface area contributed by atoms with Crippen LogP contribution in [0.25, 0.3) is 0 Å². The molecule has 0 atom stereocenters. The van der Waals surface area contributed by atoms with Crippen LogP contribution in [0.2, 0.25) is 0 Å². The summed E-state index contributed by atoms with van der Waals surface area (Å²) in [5.41, 5.74) is 0. The molecular formula is C10H22N2O2Si. The molecule has 88 valence electrons. The molecule has 1 aliphatic rings. The Hall–Kier alpha value is -0.523. The highest BCUT2D eigenvalue weighted by Gasteiger charge is 2.54. The third-order valence-electron chi connectivity index (χ3n) is 2.68. The molecule has 0 aromatic carbocycles. The van der Waals surface area contributed by atoms with Crippen molar-refractivity contribution in [2.24, 2.45) is 0 Å². The lowest BCUT2D eigenvalue weighted by atomic mass is 10.4. The largest absolute Gasteiger partial charge is 0.588 e. The Labute approximate surface area is 93.9 Å². The third-order valence-corrected chi connectivity index (χ3v) is 6.38. The molecule has 0 N–H and O–H groups in total. The fourth-order valence-electron chi connectivity index (χ4n) is 1.97. The monoisotopic (exact) mass is 230 g/mol. The second-order valence-electron chi connectivity index (χ2n) is 4.26. The molecule has 0 saturated heterocycles. The molecule has 0 fully saturated rings. The maximum absolute atomic E-state index is 5.70. The van der Waals surface area contributed by atoms with Gasteiger partial charge in [-0.3, -0.25) is 0 Å². The number of hydrogen-bond donors (Lipinski definition) is 0. The summed E-state index contributed by atoms with van der Waals surface area (Å²) in [5.74, 6) is 0. The SMILES string of the molecule is CO[Si]1(OC)N(C(C)C)C=CN1C(C)C. The second kappa shape index (κ2) is 4.55. The first kappa shape index (κ1) is 12.5. The summed E-state index contributed by atoms with van der Waals surface area (Å²) >= 11 is 0. The van der Waals surface area contributed by atoms with Gasteiger partial charge < -0.3 is 18.0 Å². The average molecular weight is 230 g/mol. The molecule has 4 nitrogen and oxygen atoms in total. The Bertz CT molecular complexity index is 220. The molecule has 0 radical (unpaired) electrons. The van der Waals surface area contributed by atoms with Crippen molar-refractivity contribution < 1.29 is 8.85 Å². The van der Waals surface area contributed by atoms with Gasteiger partial charge in [0.05, 0.1) is 0 Å². The summed E-state index contributed by atoms with van der Waals surface area (Å²) in [4.78, 5) is 0. The normalized spacial score (nSPS) is 19.7. The molecule has 1 aliphatic heterocycles. The molecule has 0 spiro atoms. The molecule has 15 heavy (non-hydrogen) atoms. The van der Waals surface area contributed by atoms with E-state index in [1.165, 1.54) is 0 Å². The van der Waals surface area contributed by atoms with Crippen LogP contribution >= 0.6 is 0 Å². The standard InChI is InChI=1S/C10H22N2O2Si/c1-9(2)11-7-8-12(10(3)4)15(11,13-5)14-6/h7-10H,1-6H3. The molecule has 0 amide bonds. The van der Waals surface area contributed by atoms with Crippen LogP contribution in [0.3, 0.4) is 0 Å². The Morgan fingerprint density at radius 1 is 0.867 bits per heavy atom. The minimum absolute atomic E-state index is 0.386. The number of nitrogens with zero attached hydrogens (tertiary/aromatic N) is 2. The van der Waals surface area contributed by atoms with Gasteiger partial charge in [-0.15, -0.1) is 0 Å². The van der Waals surface area contributed by atoms with Crippen LogP contribution in [-0.4, -0.2) is 44.3 Å². The zero-order valence-electron chi connectivity index (χ0n) is 10.5. The van der Waals surface area contributed by atoms with Gasteiger partial charge in [0.25, 0.3) is 0 Å². The lowest BCUT2D eigenvalue weighted by molar-refractivity contribution is 0.123. The topological polar surface area (TPSA) is 24.9 Å². The number of hydrogen-bond acceptors (Lipinski definition) is 4. The molecular weight excluding hydrogens is 208 g/mol. The zero-order chi connectivity index (χ0) is 11.6. The van der Waals surface area contributed by atoms with Gasteiger partial charge in [0.2, 0.25) is 0 Å². The van der Waals surface area contributed by atoms with Crippen molar-refractivity contribution in [2.75, 3.05) is 14.2 Å². The van der Waals surface area contributed by atoms with Crippen LogP contribution in [0.1, 0.15) is 27.7 Å². The van der Waals surface area contributed by atoms with Crippen molar-refractivity contribution in [3.05, 3.63) is 12.4 Å². The van der Waals surface area contributed by atoms with Crippen molar-refractivity contribution in [3.63, 3.8) is 0 Å². The van der Waals surface area contributed by atoms with Crippen molar-refractivity contribution in [1.82, 2.24) is 9.13 Å². The van der Waals surface area contributed by atoms with Crippen LogP contribution in [-0.2, 0) is 8.85 Å². The maximum atomic E-state index is 5.70. The molecule has 0 aromatic heterocycles. The predicted molar refractivity (Wildman–Crippen MR) is 62.9 cm³/mol. The summed E-state index contributed by atoms with van der Waals surface area (Å²) in [7, 11) is 1.05. The Kier molecular flexibility index (Phi) is 3.80. The van der Waals surface area contributed by atoms with Gasteiger partial charge in [-0.25, -0.2) is 0 Å². The van der Waals surface area contributed by atoms with Gasteiger partial charge in [0.1, 0.15) is 0 Å². The first-order valence-corrected chi connectivity index (χ1v) is 7.06. The highest BCUT2D eigenvalue weighted by Crippen LogP contribution is 2.28. The molecule has 1 heterocycles. The fraction of sp³-hybridized carbons (Fsp3) is 0.800. The van der Waals surface area contributed by atoms with Crippen LogP contribution < -0.4 is 0 Å². The summed E-state index contributed by atoms with van der Waals surface area (Å²) < 4.78 is 15.8. The maximum Gasteiger partial charge on any atom is 0.588 e. The molecule has 5 heteroatoms. The van der Waals surface area contributed by atoms with E-state index < -0.39 is 8.88 Å². The first-order chi connectivity index (χ1) is 6.99. The second-order valence-corrected chi connectivity index (χ2v) is 7.20. The van der Waals surface area contributed by atoms with E-state index in [0.29, 0.717) is 12.1 Å². The van der Waals surface area contributed by atoms with Gasteiger partial charge >= 0.3 is 8.88 Å². The van der Waals surface area contributed by atoms with E-state index >= 15 is 0 Å². The minimum Gasteiger partial charge on any atom is -0.365 e. The highest BCUT2D eigenvalue weighted by molar-refractivity contribution is 6.63. The zero-order valence-corrected chi connectivity index (χ0v) is 11.5. The van der Waals surface area contributed by atoms with E-state index in [1.807, 2.05) is 0 Å². The molecule has 0 aliphatic carbocycles. The van der Waals surface area contributed by atoms with Crippen molar-refractivity contribution in [3.8, 4) is 0 Å². The minimum atomic E-state index is -2.41. The van der Waals surface area contributed by atoms with E-state index in [9.17, 15) is 0 Å². The highest BCUT2D eigenvalue weighted by atomic mass is 28.4. The summed E-state index contributed by atoms with van der Waals surface area (Å²) in [5, 5.41) is 0. The van der Waals surface area contributed by atoms with E-state index in [1.54, 1.807) is 14.2 Å². The lowest BCUT2D eigenvalue weighted by Gasteiger charge is -2.41. The van der Waals surface area contributed by atoms with Gasteiger partial charge in [-0.1, -0.05) is 0 Å². The molecule has 0 bridgehead atoms. The number of rotatable bonds is 4. The molecule has 1 rings (SSSR count). The van der Waals surface area contributed by atoms with Crippen molar-refractivity contribution in [1.29, 1.82) is 0 Å². The van der Waals surface area contributed by atoms with Crippen molar-refractivity contribution in [2.45, 2.75) is 39.8 Å². The predicted octanol–water partition coefficient (Wildman–Crippen LogP) is 1.62. The van der Waals surface area contributed by atoms with Crippen molar-refractivity contribution >= 4 is 8.88 Å². The van der Waals surface area contributed by atoms with Crippen LogP contribution in [0.4, 0.5) is 0 Å². The third kappa shape index (κ3) is 1.91. The fourth-order valence-corrected chi connectivity index (χ4v) is 5.06. The quantitative estimate of drug-likeness (QED) is 0.685. The summed E-state index contributed by atoms with van der Waals surface area (Å²) in [6.07, 6.45) is 4.15. The van der Waals surface area contributed by atoms with E-state index in [2.05, 4.69) is 49.2 Å².